The van der Waals surface area contributed by atoms with Gasteiger partial charge >= 0.3 is 5.97 Å². The first-order valence-corrected chi connectivity index (χ1v) is 5.68. The summed E-state index contributed by atoms with van der Waals surface area (Å²) in [5.41, 5.74) is -0.0221. The van der Waals surface area contributed by atoms with E-state index in [-0.39, 0.29) is 12.1 Å². The van der Waals surface area contributed by atoms with Crippen LogP contribution < -0.4 is 5.56 Å². The molecule has 0 amide bonds. The highest BCUT2D eigenvalue weighted by Gasteiger charge is 2.13. The second-order valence-corrected chi connectivity index (χ2v) is 4.18. The maximum absolute atomic E-state index is 13.6. The summed E-state index contributed by atoms with van der Waals surface area (Å²) < 4.78 is 14.8. The van der Waals surface area contributed by atoms with Gasteiger partial charge in [0.05, 0.1) is 6.54 Å². The SMILES string of the molecule is Cc1ccc(C(=O)O)c(=O)n1Cc1ccccc1F. The Balaban J connectivity index is 2.52. The van der Waals surface area contributed by atoms with Gasteiger partial charge < -0.3 is 9.67 Å². The lowest BCUT2D eigenvalue weighted by Gasteiger charge is -2.11. The standard InChI is InChI=1S/C14H12FNO3/c1-9-6-7-11(14(18)19)13(17)16(9)8-10-4-2-3-5-12(10)15/h2-7H,8H2,1H3,(H,18,19). The summed E-state index contributed by atoms with van der Waals surface area (Å²) in [4.78, 5) is 22.9. The monoisotopic (exact) mass is 261 g/mol. The van der Waals surface area contributed by atoms with E-state index < -0.39 is 17.3 Å². The first-order chi connectivity index (χ1) is 9.00. The molecule has 2 rings (SSSR count). The largest absolute Gasteiger partial charge is 0.477 e. The van der Waals surface area contributed by atoms with Gasteiger partial charge in [-0.25, -0.2) is 9.18 Å². The molecule has 0 saturated heterocycles. The lowest BCUT2D eigenvalue weighted by molar-refractivity contribution is 0.0694. The minimum Gasteiger partial charge on any atom is -0.477 e. The maximum atomic E-state index is 13.6. The van der Waals surface area contributed by atoms with Gasteiger partial charge in [-0.3, -0.25) is 4.79 Å². The van der Waals surface area contributed by atoms with Gasteiger partial charge in [0, 0.05) is 11.3 Å². The number of benzene rings is 1. The number of carboxylic acids is 1. The molecule has 0 fully saturated rings. The minimum absolute atomic E-state index is 0.0124. The molecule has 19 heavy (non-hydrogen) atoms. The zero-order valence-electron chi connectivity index (χ0n) is 10.3. The van der Waals surface area contributed by atoms with Crippen molar-refractivity contribution in [1.29, 1.82) is 0 Å². The lowest BCUT2D eigenvalue weighted by atomic mass is 10.2. The minimum atomic E-state index is -1.28. The van der Waals surface area contributed by atoms with Gasteiger partial charge in [-0.2, -0.15) is 0 Å². The van der Waals surface area contributed by atoms with Gasteiger partial charge in [-0.05, 0) is 25.1 Å². The molecule has 0 aliphatic carbocycles. The van der Waals surface area contributed by atoms with E-state index in [0.717, 1.165) is 0 Å². The van der Waals surface area contributed by atoms with E-state index in [4.69, 9.17) is 5.11 Å². The fourth-order valence-electron chi connectivity index (χ4n) is 1.83. The number of aryl methyl sites for hydroxylation is 1. The van der Waals surface area contributed by atoms with Gasteiger partial charge in [0.1, 0.15) is 11.4 Å². The van der Waals surface area contributed by atoms with Gasteiger partial charge in [-0.1, -0.05) is 18.2 Å². The highest BCUT2D eigenvalue weighted by molar-refractivity contribution is 5.87. The predicted octanol–water partition coefficient (Wildman–Crippen LogP) is 2.04. The van der Waals surface area contributed by atoms with Crippen molar-refractivity contribution < 1.29 is 14.3 Å². The maximum Gasteiger partial charge on any atom is 0.341 e. The second kappa shape index (κ2) is 5.06. The van der Waals surface area contributed by atoms with E-state index in [1.54, 1.807) is 25.1 Å². The Morgan fingerprint density at radius 2 is 1.95 bits per heavy atom. The topological polar surface area (TPSA) is 59.3 Å². The fraction of sp³-hybridized carbons (Fsp3) is 0.143. The first-order valence-electron chi connectivity index (χ1n) is 5.68. The zero-order valence-corrected chi connectivity index (χ0v) is 10.3. The summed E-state index contributed by atoms with van der Waals surface area (Å²) in [5, 5.41) is 8.91. The number of carboxylic acid groups (broad SMARTS) is 1. The van der Waals surface area contributed by atoms with E-state index in [1.165, 1.54) is 22.8 Å². The van der Waals surface area contributed by atoms with Crippen molar-refractivity contribution in [2.45, 2.75) is 13.5 Å². The van der Waals surface area contributed by atoms with Crippen molar-refractivity contribution in [2.75, 3.05) is 0 Å². The van der Waals surface area contributed by atoms with Crippen LogP contribution in [0.1, 0.15) is 21.6 Å². The van der Waals surface area contributed by atoms with Gasteiger partial charge in [0.15, 0.2) is 0 Å². The number of rotatable bonds is 3. The Morgan fingerprint density at radius 3 is 2.58 bits per heavy atom. The van der Waals surface area contributed by atoms with Crippen molar-refractivity contribution in [3.8, 4) is 0 Å². The fourth-order valence-corrected chi connectivity index (χ4v) is 1.83. The van der Waals surface area contributed by atoms with Crippen LogP contribution in [0.25, 0.3) is 0 Å². The molecule has 98 valence electrons. The van der Waals surface area contributed by atoms with Gasteiger partial charge in [-0.15, -0.1) is 0 Å². The third-order valence-electron chi connectivity index (χ3n) is 2.91. The molecule has 1 N–H and O–H groups in total. The zero-order chi connectivity index (χ0) is 14.0. The van der Waals surface area contributed by atoms with E-state index in [9.17, 15) is 14.0 Å². The molecule has 1 aromatic carbocycles. The average Bonchev–Trinajstić information content (AvgIpc) is 2.36. The van der Waals surface area contributed by atoms with Crippen LogP contribution in [0.4, 0.5) is 4.39 Å². The lowest BCUT2D eigenvalue weighted by Crippen LogP contribution is -2.28. The molecule has 0 bridgehead atoms. The van der Waals surface area contributed by atoms with Crippen molar-refractivity contribution in [1.82, 2.24) is 4.57 Å². The van der Waals surface area contributed by atoms with Crippen LogP contribution in [0.2, 0.25) is 0 Å². The number of carbonyl (C=O) groups is 1. The molecule has 0 aliphatic rings. The van der Waals surface area contributed by atoms with Crippen LogP contribution in [0.5, 0.6) is 0 Å². The number of pyridine rings is 1. The Morgan fingerprint density at radius 1 is 1.26 bits per heavy atom. The number of aromatic nitrogens is 1. The summed E-state index contributed by atoms with van der Waals surface area (Å²) >= 11 is 0. The summed E-state index contributed by atoms with van der Waals surface area (Å²) in [7, 11) is 0. The molecule has 1 aromatic heterocycles. The molecule has 0 unspecified atom stereocenters. The average molecular weight is 261 g/mol. The Bertz CT molecular complexity index is 691. The molecule has 0 atom stereocenters. The highest BCUT2D eigenvalue weighted by atomic mass is 19.1. The van der Waals surface area contributed by atoms with Crippen LogP contribution in [0, 0.1) is 12.7 Å². The number of aromatic carboxylic acids is 1. The summed E-state index contributed by atoms with van der Waals surface area (Å²) in [6.45, 7) is 1.69. The third kappa shape index (κ3) is 2.54. The molecule has 0 saturated carbocycles. The van der Waals surface area contributed by atoms with E-state index >= 15 is 0 Å². The van der Waals surface area contributed by atoms with Crippen LogP contribution in [-0.4, -0.2) is 15.6 Å². The molecule has 0 aliphatic heterocycles. The smallest absolute Gasteiger partial charge is 0.341 e. The van der Waals surface area contributed by atoms with Crippen molar-refractivity contribution >= 4 is 5.97 Å². The molecule has 4 nitrogen and oxygen atoms in total. The summed E-state index contributed by atoms with van der Waals surface area (Å²) in [5.74, 6) is -1.71. The number of hydrogen-bond acceptors (Lipinski definition) is 2. The molecule has 1 heterocycles. The molecule has 0 radical (unpaired) electrons. The summed E-state index contributed by atoms with van der Waals surface area (Å²) in [6.07, 6.45) is 0. The van der Waals surface area contributed by atoms with Crippen LogP contribution in [-0.2, 0) is 6.54 Å². The molecule has 2 aromatic rings. The van der Waals surface area contributed by atoms with Crippen LogP contribution >= 0.6 is 0 Å². The second-order valence-electron chi connectivity index (χ2n) is 4.18. The predicted molar refractivity (Wildman–Crippen MR) is 67.9 cm³/mol. The summed E-state index contributed by atoms with van der Waals surface area (Å²) in [6, 6.07) is 8.89. The van der Waals surface area contributed by atoms with E-state index in [2.05, 4.69) is 0 Å². The van der Waals surface area contributed by atoms with Crippen LogP contribution in [0.3, 0.4) is 0 Å². The van der Waals surface area contributed by atoms with Gasteiger partial charge in [0.2, 0.25) is 0 Å². The number of halogens is 1. The molecule has 0 spiro atoms. The highest BCUT2D eigenvalue weighted by Crippen LogP contribution is 2.09. The molecule has 5 heteroatoms. The third-order valence-corrected chi connectivity index (χ3v) is 2.91. The number of hydrogen-bond donors (Lipinski definition) is 1. The molecular weight excluding hydrogens is 249 g/mol. The Kier molecular flexibility index (Phi) is 3.46. The number of nitrogens with zero attached hydrogens (tertiary/aromatic N) is 1. The van der Waals surface area contributed by atoms with Crippen molar-refractivity contribution in [2.24, 2.45) is 0 Å². The Labute approximate surface area is 108 Å². The molecular formula is C14H12FNO3. The van der Waals surface area contributed by atoms with E-state index in [0.29, 0.717) is 11.3 Å². The quantitative estimate of drug-likeness (QED) is 0.919. The van der Waals surface area contributed by atoms with Crippen molar-refractivity contribution in [3.63, 3.8) is 0 Å². The normalized spacial score (nSPS) is 10.4. The van der Waals surface area contributed by atoms with Crippen LogP contribution in [0.15, 0.2) is 41.2 Å². The van der Waals surface area contributed by atoms with Crippen molar-refractivity contribution in [3.05, 3.63) is 69.4 Å². The Hall–Kier alpha value is -2.43. The van der Waals surface area contributed by atoms with Gasteiger partial charge in [0.25, 0.3) is 5.56 Å². The van der Waals surface area contributed by atoms with E-state index in [1.807, 2.05) is 0 Å². The first kappa shape index (κ1) is 13.0.